The smallest absolute Gasteiger partial charge is 0.256 e. The number of amides is 1. The van der Waals surface area contributed by atoms with Crippen LogP contribution in [0.3, 0.4) is 0 Å². The number of nitrogens with zero attached hydrogens (tertiary/aromatic N) is 3. The molecule has 1 atom stereocenters. The quantitative estimate of drug-likeness (QED) is 0.752. The van der Waals surface area contributed by atoms with E-state index in [9.17, 15) is 18.0 Å². The Morgan fingerprint density at radius 1 is 1.25 bits per heavy atom. The molecular formula is C19H22ClN3O4S. The number of aryl methyl sites for hydroxylation is 1. The molecule has 2 heterocycles. The van der Waals surface area contributed by atoms with Crippen molar-refractivity contribution in [3.8, 4) is 0 Å². The lowest BCUT2D eigenvalue weighted by atomic mass is 10.1. The summed E-state index contributed by atoms with van der Waals surface area (Å²) in [6.07, 6.45) is 1.61. The third-order valence-corrected chi connectivity index (χ3v) is 7.62. The molecule has 1 aromatic carbocycles. The topological polar surface area (TPSA) is 89.3 Å². The van der Waals surface area contributed by atoms with E-state index in [0.717, 1.165) is 0 Å². The van der Waals surface area contributed by atoms with Gasteiger partial charge in [-0.15, -0.1) is 0 Å². The largest absolute Gasteiger partial charge is 0.340 e. The molecule has 2 aromatic rings. The summed E-state index contributed by atoms with van der Waals surface area (Å²) in [7, 11) is -3.45. The van der Waals surface area contributed by atoms with Crippen LogP contribution in [0.2, 0.25) is 5.02 Å². The normalized spacial score (nSPS) is 19.2. The van der Waals surface area contributed by atoms with E-state index in [1.54, 1.807) is 38.1 Å². The number of aromatic nitrogens is 2. The molecule has 0 bridgehead atoms. The van der Waals surface area contributed by atoms with Gasteiger partial charge in [0.15, 0.2) is 9.84 Å². The molecule has 1 amide bonds. The van der Waals surface area contributed by atoms with Gasteiger partial charge in [-0.2, -0.15) is 0 Å². The number of hydrogen-bond acceptors (Lipinski definition) is 5. The molecule has 1 saturated heterocycles. The van der Waals surface area contributed by atoms with Crippen molar-refractivity contribution < 1.29 is 13.2 Å². The van der Waals surface area contributed by atoms with Crippen LogP contribution in [0.15, 0.2) is 35.4 Å². The Labute approximate surface area is 168 Å². The minimum absolute atomic E-state index is 0.0924. The highest BCUT2D eigenvalue weighted by atomic mass is 35.5. The SMILES string of the molecule is Cc1ncn(CC(=O)N2CCC(c3ccccc3Cl)S(=O)(=O)CC2)c(=O)c1C. The molecule has 0 aliphatic carbocycles. The molecule has 1 fully saturated rings. The molecule has 3 rings (SSSR count). The Balaban J connectivity index is 1.79. The number of benzene rings is 1. The number of sulfone groups is 1. The summed E-state index contributed by atoms with van der Waals surface area (Å²) < 4.78 is 26.8. The second-order valence-corrected chi connectivity index (χ2v) is 9.64. The summed E-state index contributed by atoms with van der Waals surface area (Å²) in [5, 5.41) is -0.339. The van der Waals surface area contributed by atoms with Crippen molar-refractivity contribution in [2.24, 2.45) is 0 Å². The predicted octanol–water partition coefficient (Wildman–Crippen LogP) is 1.90. The third kappa shape index (κ3) is 4.12. The first-order valence-corrected chi connectivity index (χ1v) is 11.1. The number of halogens is 1. The third-order valence-electron chi connectivity index (χ3n) is 5.17. The molecule has 28 heavy (non-hydrogen) atoms. The lowest BCUT2D eigenvalue weighted by molar-refractivity contribution is -0.131. The zero-order valence-corrected chi connectivity index (χ0v) is 17.3. The molecule has 7 nitrogen and oxygen atoms in total. The fourth-order valence-corrected chi connectivity index (χ4v) is 5.46. The lowest BCUT2D eigenvalue weighted by Gasteiger charge is -2.20. The van der Waals surface area contributed by atoms with Crippen LogP contribution in [0.1, 0.15) is 28.5 Å². The molecule has 1 aliphatic heterocycles. The van der Waals surface area contributed by atoms with E-state index in [1.165, 1.54) is 15.8 Å². The second-order valence-electron chi connectivity index (χ2n) is 6.93. The zero-order chi connectivity index (χ0) is 20.5. The van der Waals surface area contributed by atoms with Crippen LogP contribution >= 0.6 is 11.6 Å². The number of carbonyl (C=O) groups is 1. The van der Waals surface area contributed by atoms with Gasteiger partial charge in [0, 0.05) is 29.4 Å². The number of rotatable bonds is 3. The molecule has 1 unspecified atom stereocenters. The van der Waals surface area contributed by atoms with Crippen LogP contribution in [0.4, 0.5) is 0 Å². The maximum Gasteiger partial charge on any atom is 0.256 e. The van der Waals surface area contributed by atoms with Crippen molar-refractivity contribution >= 4 is 27.3 Å². The van der Waals surface area contributed by atoms with Crippen molar-refractivity contribution in [1.82, 2.24) is 14.5 Å². The molecule has 9 heteroatoms. The van der Waals surface area contributed by atoms with Gasteiger partial charge < -0.3 is 4.90 Å². The first-order chi connectivity index (χ1) is 13.2. The van der Waals surface area contributed by atoms with Crippen LogP contribution in [0.25, 0.3) is 0 Å². The Morgan fingerprint density at radius 3 is 2.68 bits per heavy atom. The van der Waals surface area contributed by atoms with Crippen LogP contribution in [-0.2, 0) is 21.2 Å². The maximum atomic E-state index is 12.8. The first-order valence-electron chi connectivity index (χ1n) is 8.97. The van der Waals surface area contributed by atoms with E-state index in [2.05, 4.69) is 4.98 Å². The lowest BCUT2D eigenvalue weighted by Crippen LogP contribution is -2.38. The van der Waals surface area contributed by atoms with Gasteiger partial charge in [-0.1, -0.05) is 29.8 Å². The second kappa shape index (κ2) is 8.05. The van der Waals surface area contributed by atoms with E-state index >= 15 is 0 Å². The van der Waals surface area contributed by atoms with E-state index in [1.807, 2.05) is 0 Å². The van der Waals surface area contributed by atoms with Crippen molar-refractivity contribution in [2.75, 3.05) is 18.8 Å². The molecule has 0 N–H and O–H groups in total. The van der Waals surface area contributed by atoms with Gasteiger partial charge in [-0.3, -0.25) is 14.2 Å². The predicted molar refractivity (Wildman–Crippen MR) is 107 cm³/mol. The van der Waals surface area contributed by atoms with Crippen molar-refractivity contribution in [3.05, 3.63) is 62.8 Å². The zero-order valence-electron chi connectivity index (χ0n) is 15.8. The summed E-state index contributed by atoms with van der Waals surface area (Å²) in [6.45, 7) is 3.61. The van der Waals surface area contributed by atoms with Gasteiger partial charge in [-0.25, -0.2) is 13.4 Å². The summed E-state index contributed by atoms with van der Waals surface area (Å²) in [6, 6.07) is 6.88. The Hall–Kier alpha value is -2.19. The van der Waals surface area contributed by atoms with Gasteiger partial charge in [0.25, 0.3) is 5.56 Å². The standard InChI is InChI=1S/C19H22ClN3O4S/c1-13-14(2)21-12-23(19(13)25)11-18(24)22-8-7-17(28(26,27)10-9-22)15-5-3-4-6-16(15)20/h3-6,12,17H,7-11H2,1-2H3. The monoisotopic (exact) mass is 423 g/mol. The van der Waals surface area contributed by atoms with Crippen LogP contribution < -0.4 is 5.56 Å². The molecular weight excluding hydrogens is 402 g/mol. The molecule has 0 spiro atoms. The summed E-state index contributed by atoms with van der Waals surface area (Å²) in [5.74, 6) is -0.448. The van der Waals surface area contributed by atoms with E-state index in [4.69, 9.17) is 11.6 Å². The summed E-state index contributed by atoms with van der Waals surface area (Å²) >= 11 is 6.20. The highest BCUT2D eigenvalue weighted by Crippen LogP contribution is 2.33. The average Bonchev–Trinajstić information content (AvgIpc) is 2.81. The van der Waals surface area contributed by atoms with Crippen molar-refractivity contribution in [1.29, 1.82) is 0 Å². The minimum atomic E-state index is -3.45. The van der Waals surface area contributed by atoms with Crippen LogP contribution in [0, 0.1) is 13.8 Å². The van der Waals surface area contributed by atoms with Crippen molar-refractivity contribution in [2.45, 2.75) is 32.1 Å². The molecule has 150 valence electrons. The number of carbonyl (C=O) groups excluding carboxylic acids is 1. The fourth-order valence-electron chi connectivity index (χ4n) is 3.31. The average molecular weight is 424 g/mol. The highest BCUT2D eigenvalue weighted by Gasteiger charge is 2.33. The van der Waals surface area contributed by atoms with Crippen LogP contribution in [0.5, 0.6) is 0 Å². The van der Waals surface area contributed by atoms with Gasteiger partial charge in [0.05, 0.1) is 17.3 Å². The van der Waals surface area contributed by atoms with Crippen molar-refractivity contribution in [3.63, 3.8) is 0 Å². The van der Waals surface area contributed by atoms with E-state index < -0.39 is 15.1 Å². The van der Waals surface area contributed by atoms with Gasteiger partial charge in [0.2, 0.25) is 5.91 Å². The molecule has 0 radical (unpaired) electrons. The van der Waals surface area contributed by atoms with Gasteiger partial charge >= 0.3 is 0 Å². The summed E-state index contributed by atoms with van der Waals surface area (Å²) in [4.78, 5) is 30.6. The van der Waals surface area contributed by atoms with Crippen LogP contribution in [-0.4, -0.2) is 47.6 Å². The van der Waals surface area contributed by atoms with Gasteiger partial charge in [0.1, 0.15) is 6.54 Å². The Kier molecular flexibility index (Phi) is 5.90. The molecule has 0 saturated carbocycles. The fraction of sp³-hybridized carbons (Fsp3) is 0.421. The Morgan fingerprint density at radius 2 is 1.96 bits per heavy atom. The first kappa shape index (κ1) is 20.5. The highest BCUT2D eigenvalue weighted by molar-refractivity contribution is 7.91. The Bertz CT molecular complexity index is 1070. The molecule has 1 aromatic heterocycles. The number of hydrogen-bond donors (Lipinski definition) is 0. The molecule has 1 aliphatic rings. The van der Waals surface area contributed by atoms with Gasteiger partial charge in [-0.05, 0) is 31.9 Å². The maximum absolute atomic E-state index is 12.8. The van der Waals surface area contributed by atoms with E-state index in [-0.39, 0.29) is 43.3 Å². The van der Waals surface area contributed by atoms with E-state index in [0.29, 0.717) is 21.8 Å². The minimum Gasteiger partial charge on any atom is -0.340 e. The summed E-state index contributed by atoms with van der Waals surface area (Å²) in [5.41, 5.74) is 1.41.